The lowest BCUT2D eigenvalue weighted by Crippen LogP contribution is -2.48. The summed E-state index contributed by atoms with van der Waals surface area (Å²) in [6, 6.07) is 0. The predicted molar refractivity (Wildman–Crippen MR) is 88.0 cm³/mol. The Morgan fingerprint density at radius 1 is 0.957 bits per heavy atom. The molecule has 4 rings (SSSR count). The maximum Gasteiger partial charge on any atom is 0.0900 e. The SMILES string of the molecule is OCCN(CCO)C[C@H](O)COCC12CC3CC(CC(C3)C1)C2. The summed E-state index contributed by atoms with van der Waals surface area (Å²) in [4.78, 5) is 1.87. The number of ether oxygens (including phenoxy) is 1. The highest BCUT2D eigenvalue weighted by atomic mass is 16.5. The second-order valence-corrected chi connectivity index (χ2v) is 8.33. The second kappa shape index (κ2) is 7.79. The quantitative estimate of drug-likeness (QED) is 0.555. The van der Waals surface area contributed by atoms with Gasteiger partial charge in [-0.3, -0.25) is 4.90 Å². The zero-order chi connectivity index (χ0) is 16.3. The lowest BCUT2D eigenvalue weighted by Gasteiger charge is -2.56. The highest BCUT2D eigenvalue weighted by Gasteiger charge is 2.50. The molecule has 0 amide bonds. The summed E-state index contributed by atoms with van der Waals surface area (Å²) in [6.45, 7) is 2.64. The fraction of sp³-hybridized carbons (Fsp3) is 1.00. The van der Waals surface area contributed by atoms with Crippen molar-refractivity contribution in [3.8, 4) is 0 Å². The Morgan fingerprint density at radius 2 is 1.48 bits per heavy atom. The lowest BCUT2D eigenvalue weighted by molar-refractivity contribution is -0.107. The van der Waals surface area contributed by atoms with Gasteiger partial charge < -0.3 is 20.1 Å². The highest BCUT2D eigenvalue weighted by molar-refractivity contribution is 5.01. The van der Waals surface area contributed by atoms with Gasteiger partial charge in [-0.15, -0.1) is 0 Å². The minimum Gasteiger partial charge on any atom is -0.395 e. The average molecular weight is 327 g/mol. The number of rotatable bonds is 10. The number of aliphatic hydroxyl groups is 3. The van der Waals surface area contributed by atoms with Crippen LogP contribution in [0.2, 0.25) is 0 Å². The van der Waals surface area contributed by atoms with Crippen molar-refractivity contribution in [1.29, 1.82) is 0 Å². The second-order valence-electron chi connectivity index (χ2n) is 8.33. The normalized spacial score (nSPS) is 36.8. The van der Waals surface area contributed by atoms with Gasteiger partial charge in [0.1, 0.15) is 0 Å². The van der Waals surface area contributed by atoms with Crippen LogP contribution in [0.4, 0.5) is 0 Å². The zero-order valence-electron chi connectivity index (χ0n) is 14.2. The molecule has 0 heterocycles. The predicted octanol–water partition coefficient (Wildman–Crippen LogP) is 0.867. The van der Waals surface area contributed by atoms with Crippen LogP contribution in [0.5, 0.6) is 0 Å². The molecule has 4 aliphatic rings. The third kappa shape index (κ3) is 4.45. The van der Waals surface area contributed by atoms with E-state index in [-0.39, 0.29) is 13.2 Å². The summed E-state index contributed by atoms with van der Waals surface area (Å²) in [5.74, 6) is 2.79. The molecule has 4 bridgehead atoms. The van der Waals surface area contributed by atoms with Crippen molar-refractivity contribution in [2.24, 2.45) is 23.2 Å². The van der Waals surface area contributed by atoms with Gasteiger partial charge in [-0.05, 0) is 61.7 Å². The lowest BCUT2D eigenvalue weighted by atomic mass is 9.50. The molecular weight excluding hydrogens is 294 g/mol. The van der Waals surface area contributed by atoms with Gasteiger partial charge in [0.15, 0.2) is 0 Å². The van der Waals surface area contributed by atoms with Crippen LogP contribution < -0.4 is 0 Å². The van der Waals surface area contributed by atoms with Gasteiger partial charge in [-0.2, -0.15) is 0 Å². The zero-order valence-corrected chi connectivity index (χ0v) is 14.2. The Morgan fingerprint density at radius 3 is 1.96 bits per heavy atom. The standard InChI is InChI=1S/C18H33NO4/c20-3-1-19(2-4-21)11-17(22)12-23-13-18-8-14-5-15(9-18)7-16(6-14)10-18/h14-17,20-22H,1-13H2/t14?,15?,16?,17-,18?/m0/s1. The molecule has 5 nitrogen and oxygen atoms in total. The molecule has 3 N–H and O–H groups in total. The van der Waals surface area contributed by atoms with Crippen LogP contribution >= 0.6 is 0 Å². The van der Waals surface area contributed by atoms with Crippen molar-refractivity contribution in [2.75, 3.05) is 46.1 Å². The van der Waals surface area contributed by atoms with Gasteiger partial charge >= 0.3 is 0 Å². The Hall–Kier alpha value is -0.200. The Kier molecular flexibility index (Phi) is 5.97. The molecule has 4 aliphatic carbocycles. The first kappa shape index (κ1) is 17.6. The van der Waals surface area contributed by atoms with Crippen LogP contribution in [0.1, 0.15) is 38.5 Å². The molecular formula is C18H33NO4. The molecule has 0 aliphatic heterocycles. The van der Waals surface area contributed by atoms with Crippen LogP contribution in [-0.4, -0.2) is 72.4 Å². The number of nitrogens with zero attached hydrogens (tertiary/aromatic N) is 1. The Balaban J connectivity index is 1.40. The monoisotopic (exact) mass is 327 g/mol. The van der Waals surface area contributed by atoms with E-state index in [1.807, 2.05) is 4.90 Å². The molecule has 4 saturated carbocycles. The van der Waals surface area contributed by atoms with Gasteiger partial charge in [0, 0.05) is 19.6 Å². The number of aliphatic hydroxyl groups excluding tert-OH is 3. The van der Waals surface area contributed by atoms with Crippen molar-refractivity contribution in [3.05, 3.63) is 0 Å². The molecule has 0 aromatic rings. The van der Waals surface area contributed by atoms with E-state index in [2.05, 4.69) is 0 Å². The van der Waals surface area contributed by atoms with Gasteiger partial charge in [-0.25, -0.2) is 0 Å². The van der Waals surface area contributed by atoms with Crippen LogP contribution in [0, 0.1) is 23.2 Å². The Labute approximate surface area is 139 Å². The topological polar surface area (TPSA) is 73.2 Å². The van der Waals surface area contributed by atoms with E-state index < -0.39 is 6.10 Å². The van der Waals surface area contributed by atoms with Crippen LogP contribution in [0.15, 0.2) is 0 Å². The third-order valence-electron chi connectivity index (χ3n) is 6.18. The van der Waals surface area contributed by atoms with Gasteiger partial charge in [0.2, 0.25) is 0 Å². The minimum absolute atomic E-state index is 0.0425. The summed E-state index contributed by atoms with van der Waals surface area (Å²) in [6.07, 6.45) is 7.77. The van der Waals surface area contributed by atoms with Crippen LogP contribution in [0.3, 0.4) is 0 Å². The van der Waals surface area contributed by atoms with Crippen molar-refractivity contribution in [1.82, 2.24) is 4.90 Å². The van der Waals surface area contributed by atoms with Gasteiger partial charge in [0.05, 0.1) is 32.5 Å². The first-order chi connectivity index (χ1) is 11.1. The molecule has 0 unspecified atom stereocenters. The molecule has 0 radical (unpaired) electrons. The minimum atomic E-state index is -0.554. The first-order valence-electron chi connectivity index (χ1n) is 9.32. The van der Waals surface area contributed by atoms with Crippen molar-refractivity contribution < 1.29 is 20.1 Å². The summed E-state index contributed by atoms with van der Waals surface area (Å²) < 4.78 is 5.94. The summed E-state index contributed by atoms with van der Waals surface area (Å²) in [5.41, 5.74) is 0.393. The molecule has 134 valence electrons. The van der Waals surface area contributed by atoms with E-state index in [1.165, 1.54) is 38.5 Å². The largest absolute Gasteiger partial charge is 0.395 e. The van der Waals surface area contributed by atoms with Gasteiger partial charge in [-0.1, -0.05) is 0 Å². The molecule has 23 heavy (non-hydrogen) atoms. The number of hydrogen-bond acceptors (Lipinski definition) is 5. The fourth-order valence-corrected chi connectivity index (χ4v) is 5.81. The third-order valence-corrected chi connectivity index (χ3v) is 6.18. The smallest absolute Gasteiger partial charge is 0.0900 e. The molecule has 0 saturated heterocycles. The highest BCUT2D eigenvalue weighted by Crippen LogP contribution is 2.60. The van der Waals surface area contributed by atoms with Crippen molar-refractivity contribution in [3.63, 3.8) is 0 Å². The molecule has 5 heteroatoms. The molecule has 0 aromatic heterocycles. The van der Waals surface area contributed by atoms with E-state index in [9.17, 15) is 5.11 Å². The summed E-state index contributed by atoms with van der Waals surface area (Å²) in [5, 5.41) is 28.2. The maximum absolute atomic E-state index is 10.2. The van der Waals surface area contributed by atoms with Crippen molar-refractivity contribution >= 4 is 0 Å². The van der Waals surface area contributed by atoms with E-state index in [0.29, 0.717) is 31.7 Å². The first-order valence-corrected chi connectivity index (χ1v) is 9.32. The average Bonchev–Trinajstić information content (AvgIpc) is 2.46. The van der Waals surface area contributed by atoms with Crippen molar-refractivity contribution in [2.45, 2.75) is 44.6 Å². The van der Waals surface area contributed by atoms with Crippen LogP contribution in [-0.2, 0) is 4.74 Å². The molecule has 0 aromatic carbocycles. The molecule has 1 atom stereocenters. The van der Waals surface area contributed by atoms with E-state index in [4.69, 9.17) is 14.9 Å². The maximum atomic E-state index is 10.2. The fourth-order valence-electron chi connectivity index (χ4n) is 5.81. The molecule has 4 fully saturated rings. The summed E-state index contributed by atoms with van der Waals surface area (Å²) >= 11 is 0. The molecule has 0 spiro atoms. The summed E-state index contributed by atoms with van der Waals surface area (Å²) in [7, 11) is 0. The van der Waals surface area contributed by atoms with Gasteiger partial charge in [0.25, 0.3) is 0 Å². The van der Waals surface area contributed by atoms with Crippen LogP contribution in [0.25, 0.3) is 0 Å². The Bertz CT molecular complexity index is 335. The van der Waals surface area contributed by atoms with E-state index in [1.54, 1.807) is 0 Å². The van der Waals surface area contributed by atoms with E-state index in [0.717, 1.165) is 24.4 Å². The van der Waals surface area contributed by atoms with E-state index >= 15 is 0 Å². The number of hydrogen-bond donors (Lipinski definition) is 3.